The molecule has 7 nitrogen and oxygen atoms in total. The zero-order valence-electron chi connectivity index (χ0n) is 15.0. The van der Waals surface area contributed by atoms with E-state index in [-0.39, 0.29) is 11.9 Å². The number of fused-ring (bicyclic) bond motifs is 2. The summed E-state index contributed by atoms with van der Waals surface area (Å²) in [5.74, 6) is 0.324. The molecule has 138 valence electrons. The highest BCUT2D eigenvalue weighted by molar-refractivity contribution is 5.82. The maximum Gasteiger partial charge on any atom is 0.162 e. The third-order valence-corrected chi connectivity index (χ3v) is 4.64. The summed E-state index contributed by atoms with van der Waals surface area (Å²) in [7, 11) is 0. The Balaban J connectivity index is 1.64. The number of pyridine rings is 1. The number of imidazole rings is 2. The Hall–Kier alpha value is -3.81. The van der Waals surface area contributed by atoms with E-state index in [0.29, 0.717) is 17.0 Å². The van der Waals surface area contributed by atoms with Gasteiger partial charge in [0.25, 0.3) is 0 Å². The van der Waals surface area contributed by atoms with Crippen molar-refractivity contribution in [2.75, 3.05) is 5.32 Å². The monoisotopic (exact) mass is 373 g/mol. The van der Waals surface area contributed by atoms with E-state index < -0.39 is 0 Å². The van der Waals surface area contributed by atoms with E-state index in [2.05, 4.69) is 25.3 Å². The molecule has 28 heavy (non-hydrogen) atoms. The summed E-state index contributed by atoms with van der Waals surface area (Å²) in [5.41, 5.74) is 4.49. The molecule has 4 heterocycles. The largest absolute Gasteiger partial charge is 0.360 e. The van der Waals surface area contributed by atoms with Gasteiger partial charge in [-0.25, -0.2) is 24.3 Å². The van der Waals surface area contributed by atoms with Crippen molar-refractivity contribution in [3.8, 4) is 11.3 Å². The van der Waals surface area contributed by atoms with Crippen LogP contribution in [0, 0.1) is 5.82 Å². The number of nitrogens with one attached hydrogen (secondary N) is 2. The lowest BCUT2D eigenvalue weighted by molar-refractivity contribution is 0.628. The third-order valence-electron chi connectivity index (χ3n) is 4.64. The molecule has 0 aliphatic heterocycles. The lowest BCUT2D eigenvalue weighted by atomic mass is 10.1. The number of hydrogen-bond acceptors (Lipinski definition) is 5. The standard InChI is InChI=1S/C20H16FN7/c1-12(26-20-17-19(23-10-22-17)24-11-25-20)16-18(13-5-4-6-14(21)9-13)28-8-3-2-7-15(28)27-16/h2-12H,1H3,(H2,22,23,24,25,26). The summed E-state index contributed by atoms with van der Waals surface area (Å²) in [4.78, 5) is 20.5. The minimum Gasteiger partial charge on any atom is -0.360 e. The fourth-order valence-corrected chi connectivity index (χ4v) is 3.38. The van der Waals surface area contributed by atoms with Crippen molar-refractivity contribution in [2.45, 2.75) is 13.0 Å². The van der Waals surface area contributed by atoms with Crippen molar-refractivity contribution >= 4 is 22.6 Å². The van der Waals surface area contributed by atoms with Crippen LogP contribution >= 0.6 is 0 Å². The topological polar surface area (TPSA) is 83.8 Å². The average Bonchev–Trinajstić information content (AvgIpc) is 3.33. The van der Waals surface area contributed by atoms with E-state index in [1.54, 1.807) is 12.4 Å². The second kappa shape index (κ2) is 6.41. The number of anilines is 1. The summed E-state index contributed by atoms with van der Waals surface area (Å²) >= 11 is 0. The van der Waals surface area contributed by atoms with E-state index in [1.807, 2.05) is 41.8 Å². The van der Waals surface area contributed by atoms with Crippen molar-refractivity contribution in [3.05, 3.63) is 72.8 Å². The minimum absolute atomic E-state index is 0.201. The molecule has 1 unspecified atom stereocenters. The smallest absolute Gasteiger partial charge is 0.162 e. The van der Waals surface area contributed by atoms with Crippen LogP contribution in [0.3, 0.4) is 0 Å². The average molecular weight is 373 g/mol. The van der Waals surface area contributed by atoms with Gasteiger partial charge in [-0.15, -0.1) is 0 Å². The van der Waals surface area contributed by atoms with E-state index >= 15 is 0 Å². The van der Waals surface area contributed by atoms with Crippen LogP contribution in [0.5, 0.6) is 0 Å². The quantitative estimate of drug-likeness (QED) is 0.498. The molecule has 4 aromatic heterocycles. The highest BCUT2D eigenvalue weighted by Crippen LogP contribution is 2.31. The Morgan fingerprint density at radius 2 is 2.04 bits per heavy atom. The molecular formula is C20H16FN7. The molecule has 1 aromatic carbocycles. The van der Waals surface area contributed by atoms with Crippen LogP contribution in [0.2, 0.25) is 0 Å². The van der Waals surface area contributed by atoms with Crippen molar-refractivity contribution < 1.29 is 4.39 Å². The summed E-state index contributed by atoms with van der Waals surface area (Å²) in [5, 5.41) is 3.37. The predicted molar refractivity (Wildman–Crippen MR) is 104 cm³/mol. The molecule has 2 N–H and O–H groups in total. The van der Waals surface area contributed by atoms with Gasteiger partial charge in [-0.1, -0.05) is 18.2 Å². The number of aromatic nitrogens is 6. The second-order valence-electron chi connectivity index (χ2n) is 6.47. The first kappa shape index (κ1) is 16.4. The van der Waals surface area contributed by atoms with Gasteiger partial charge in [0.15, 0.2) is 11.5 Å². The van der Waals surface area contributed by atoms with Crippen LogP contribution in [-0.2, 0) is 0 Å². The van der Waals surface area contributed by atoms with Crippen LogP contribution in [0.4, 0.5) is 10.2 Å². The lowest BCUT2D eigenvalue weighted by Crippen LogP contribution is -2.10. The molecular weight excluding hydrogens is 357 g/mol. The first-order chi connectivity index (χ1) is 13.7. The van der Waals surface area contributed by atoms with Gasteiger partial charge in [0.2, 0.25) is 0 Å². The van der Waals surface area contributed by atoms with E-state index in [0.717, 1.165) is 22.6 Å². The summed E-state index contributed by atoms with van der Waals surface area (Å²) in [6.07, 6.45) is 4.99. The first-order valence-corrected chi connectivity index (χ1v) is 8.84. The Morgan fingerprint density at radius 1 is 1.11 bits per heavy atom. The summed E-state index contributed by atoms with van der Waals surface area (Å²) in [6, 6.07) is 12.1. The van der Waals surface area contributed by atoms with Crippen LogP contribution < -0.4 is 5.32 Å². The number of rotatable bonds is 4. The zero-order chi connectivity index (χ0) is 19.1. The van der Waals surface area contributed by atoms with Crippen molar-refractivity contribution in [1.82, 2.24) is 29.3 Å². The fraction of sp³-hybridized carbons (Fsp3) is 0.100. The van der Waals surface area contributed by atoms with Gasteiger partial charge in [-0.3, -0.25) is 4.40 Å². The molecule has 0 spiro atoms. The summed E-state index contributed by atoms with van der Waals surface area (Å²) in [6.45, 7) is 1.99. The molecule has 0 amide bonds. The Morgan fingerprint density at radius 3 is 2.93 bits per heavy atom. The van der Waals surface area contributed by atoms with Crippen molar-refractivity contribution in [2.24, 2.45) is 0 Å². The number of nitrogens with zero attached hydrogens (tertiary/aromatic N) is 5. The number of halogens is 1. The second-order valence-corrected chi connectivity index (χ2v) is 6.47. The van der Waals surface area contributed by atoms with Crippen LogP contribution in [0.25, 0.3) is 28.1 Å². The van der Waals surface area contributed by atoms with Crippen molar-refractivity contribution in [1.29, 1.82) is 0 Å². The number of aromatic amines is 1. The van der Waals surface area contributed by atoms with Gasteiger partial charge >= 0.3 is 0 Å². The van der Waals surface area contributed by atoms with Gasteiger partial charge in [-0.05, 0) is 31.2 Å². The van der Waals surface area contributed by atoms with Gasteiger partial charge in [0, 0.05) is 11.8 Å². The Kier molecular flexibility index (Phi) is 3.75. The Bertz CT molecular complexity index is 1290. The van der Waals surface area contributed by atoms with Gasteiger partial charge < -0.3 is 10.3 Å². The minimum atomic E-state index is -0.288. The zero-order valence-corrected chi connectivity index (χ0v) is 15.0. The van der Waals surface area contributed by atoms with Crippen molar-refractivity contribution in [3.63, 3.8) is 0 Å². The van der Waals surface area contributed by atoms with Crippen LogP contribution in [0.1, 0.15) is 18.7 Å². The van der Waals surface area contributed by atoms with Crippen LogP contribution in [0.15, 0.2) is 61.3 Å². The van der Waals surface area contributed by atoms with Gasteiger partial charge in [-0.2, -0.15) is 0 Å². The molecule has 8 heteroatoms. The van der Waals surface area contributed by atoms with E-state index in [1.165, 1.54) is 18.5 Å². The summed E-state index contributed by atoms with van der Waals surface area (Å²) < 4.78 is 15.9. The van der Waals surface area contributed by atoms with E-state index in [4.69, 9.17) is 4.98 Å². The maximum absolute atomic E-state index is 13.9. The number of H-pyrrole nitrogens is 1. The molecule has 0 bridgehead atoms. The predicted octanol–water partition coefficient (Wildman–Crippen LogP) is 3.98. The molecule has 0 saturated heterocycles. The number of benzene rings is 1. The Labute approximate surface area is 159 Å². The number of hydrogen-bond donors (Lipinski definition) is 2. The van der Waals surface area contributed by atoms with Gasteiger partial charge in [0.05, 0.1) is 23.8 Å². The highest BCUT2D eigenvalue weighted by Gasteiger charge is 2.21. The van der Waals surface area contributed by atoms with Gasteiger partial charge in [0.1, 0.15) is 23.3 Å². The van der Waals surface area contributed by atoms with E-state index in [9.17, 15) is 4.39 Å². The molecule has 0 saturated carbocycles. The molecule has 0 aliphatic carbocycles. The highest BCUT2D eigenvalue weighted by atomic mass is 19.1. The molecule has 5 aromatic rings. The molecule has 1 atom stereocenters. The molecule has 0 fully saturated rings. The lowest BCUT2D eigenvalue weighted by Gasteiger charge is -2.15. The SMILES string of the molecule is CC(Nc1ncnc2[nH]cnc12)c1nc2ccccn2c1-c1cccc(F)c1. The van der Waals surface area contributed by atoms with Crippen LogP contribution in [-0.4, -0.2) is 29.3 Å². The fourth-order valence-electron chi connectivity index (χ4n) is 3.38. The molecule has 5 rings (SSSR count). The maximum atomic E-state index is 13.9. The normalized spacial score (nSPS) is 12.5. The molecule has 0 aliphatic rings. The molecule has 0 radical (unpaired) electrons. The third kappa shape index (κ3) is 2.66. The first-order valence-electron chi connectivity index (χ1n) is 8.84.